The molecule has 2 atom stereocenters. The Morgan fingerprint density at radius 3 is 2.53 bits per heavy atom. The molecule has 0 aliphatic heterocycles. The van der Waals surface area contributed by atoms with Gasteiger partial charge in [-0.15, -0.1) is 0 Å². The topological polar surface area (TPSA) is 64.3 Å². The fourth-order valence-electron chi connectivity index (χ4n) is 1.51. The molecule has 0 saturated heterocycles. The first-order chi connectivity index (χ1) is 8.04. The Balaban J connectivity index is 2.57. The van der Waals surface area contributed by atoms with Crippen LogP contribution in [0.15, 0.2) is 24.3 Å². The third kappa shape index (κ3) is 4.17. The Morgan fingerprint density at radius 1 is 1.41 bits per heavy atom. The van der Waals surface area contributed by atoms with Crippen LogP contribution < -0.4 is 11.1 Å². The van der Waals surface area contributed by atoms with Gasteiger partial charge >= 0.3 is 0 Å². The molecule has 0 radical (unpaired) electrons. The maximum absolute atomic E-state index is 11.7. The molecule has 0 saturated carbocycles. The van der Waals surface area contributed by atoms with E-state index in [1.807, 2.05) is 38.1 Å². The van der Waals surface area contributed by atoms with Crippen molar-refractivity contribution in [1.82, 2.24) is 5.32 Å². The lowest BCUT2D eigenvalue weighted by Gasteiger charge is -2.17. The van der Waals surface area contributed by atoms with Gasteiger partial charge < -0.3 is 15.8 Å². The number of carbonyl (C=O) groups is 1. The van der Waals surface area contributed by atoms with Crippen molar-refractivity contribution in [3.8, 4) is 0 Å². The molecule has 1 aromatic carbocycles. The first kappa shape index (κ1) is 13.7. The van der Waals surface area contributed by atoms with Gasteiger partial charge in [0.2, 0.25) is 5.91 Å². The zero-order chi connectivity index (χ0) is 12.8. The molecular formula is C13H20N2O2. The van der Waals surface area contributed by atoms with Crippen molar-refractivity contribution in [2.45, 2.75) is 25.9 Å². The summed E-state index contributed by atoms with van der Waals surface area (Å²) in [5.74, 6) is -0.195. The van der Waals surface area contributed by atoms with E-state index in [-0.39, 0.29) is 18.6 Å². The van der Waals surface area contributed by atoms with Gasteiger partial charge in [0, 0.05) is 7.11 Å². The van der Waals surface area contributed by atoms with Crippen LogP contribution in [0, 0.1) is 6.92 Å². The fraction of sp³-hybridized carbons (Fsp3) is 0.462. The maximum atomic E-state index is 11.7. The minimum Gasteiger partial charge on any atom is -0.383 e. The van der Waals surface area contributed by atoms with Crippen LogP contribution in [0.25, 0.3) is 0 Å². The molecule has 17 heavy (non-hydrogen) atoms. The Morgan fingerprint density at radius 2 is 2.00 bits per heavy atom. The third-order valence-corrected chi connectivity index (χ3v) is 2.62. The first-order valence-corrected chi connectivity index (χ1v) is 5.66. The van der Waals surface area contributed by atoms with E-state index < -0.39 is 6.04 Å². The Hall–Kier alpha value is -1.39. The average Bonchev–Trinajstić information content (AvgIpc) is 2.30. The summed E-state index contributed by atoms with van der Waals surface area (Å²) in [6.45, 7) is 4.19. The quantitative estimate of drug-likeness (QED) is 0.806. The molecule has 3 N–H and O–H groups in total. The van der Waals surface area contributed by atoms with Crippen LogP contribution in [0.3, 0.4) is 0 Å². The predicted molar refractivity (Wildman–Crippen MR) is 67.6 cm³/mol. The molecule has 0 aliphatic carbocycles. The van der Waals surface area contributed by atoms with Crippen molar-refractivity contribution in [2.75, 3.05) is 13.7 Å². The van der Waals surface area contributed by atoms with Crippen LogP contribution in [-0.4, -0.2) is 25.7 Å². The van der Waals surface area contributed by atoms with Crippen molar-refractivity contribution in [2.24, 2.45) is 5.73 Å². The molecule has 4 heteroatoms. The molecule has 1 aromatic rings. The molecule has 4 nitrogen and oxygen atoms in total. The first-order valence-electron chi connectivity index (χ1n) is 5.66. The molecule has 0 bridgehead atoms. The molecule has 1 amide bonds. The monoisotopic (exact) mass is 236 g/mol. The van der Waals surface area contributed by atoms with E-state index >= 15 is 0 Å². The second-order valence-corrected chi connectivity index (χ2v) is 4.20. The van der Waals surface area contributed by atoms with Gasteiger partial charge in [-0.2, -0.15) is 0 Å². The summed E-state index contributed by atoms with van der Waals surface area (Å²) >= 11 is 0. The van der Waals surface area contributed by atoms with Gasteiger partial charge in [0.25, 0.3) is 0 Å². The zero-order valence-corrected chi connectivity index (χ0v) is 10.6. The van der Waals surface area contributed by atoms with Crippen LogP contribution in [0.1, 0.15) is 24.1 Å². The normalized spacial score (nSPS) is 14.1. The summed E-state index contributed by atoms with van der Waals surface area (Å²) in [6, 6.07) is 7.38. The van der Waals surface area contributed by atoms with E-state index in [2.05, 4.69) is 5.32 Å². The molecule has 1 rings (SSSR count). The molecule has 1 unspecified atom stereocenters. The number of carbonyl (C=O) groups excluding carboxylic acids is 1. The highest BCUT2D eigenvalue weighted by molar-refractivity contribution is 5.82. The molecule has 0 fully saturated rings. The number of aryl methyl sites for hydroxylation is 1. The second kappa shape index (κ2) is 6.37. The van der Waals surface area contributed by atoms with Gasteiger partial charge in [0.05, 0.1) is 12.6 Å². The largest absolute Gasteiger partial charge is 0.383 e. The van der Waals surface area contributed by atoms with Gasteiger partial charge in [-0.3, -0.25) is 4.79 Å². The summed E-state index contributed by atoms with van der Waals surface area (Å²) < 4.78 is 4.84. The van der Waals surface area contributed by atoms with Crippen LogP contribution in [-0.2, 0) is 9.53 Å². The van der Waals surface area contributed by atoms with Crippen molar-refractivity contribution in [3.05, 3.63) is 35.4 Å². The number of hydrogen-bond acceptors (Lipinski definition) is 3. The number of ether oxygens (including phenoxy) is 1. The molecule has 0 heterocycles. The molecule has 94 valence electrons. The highest BCUT2D eigenvalue weighted by atomic mass is 16.5. The Bertz CT molecular complexity index is 362. The minimum absolute atomic E-state index is 0.0500. The molecule has 0 aliphatic rings. The Labute approximate surface area is 102 Å². The van der Waals surface area contributed by atoms with Gasteiger partial charge in [-0.25, -0.2) is 0 Å². The Kier molecular flexibility index (Phi) is 5.12. The maximum Gasteiger partial charge on any atom is 0.239 e. The SMILES string of the molecule is COCC(N)C(=O)N[C@H](C)c1ccc(C)cc1. The summed E-state index contributed by atoms with van der Waals surface area (Å²) in [6.07, 6.45) is 0. The fourth-order valence-corrected chi connectivity index (χ4v) is 1.51. The van der Waals surface area contributed by atoms with E-state index in [0.717, 1.165) is 5.56 Å². The van der Waals surface area contributed by atoms with Gasteiger partial charge in [-0.1, -0.05) is 29.8 Å². The van der Waals surface area contributed by atoms with Gasteiger partial charge in [-0.05, 0) is 19.4 Å². The molecule has 0 spiro atoms. The van der Waals surface area contributed by atoms with E-state index in [9.17, 15) is 4.79 Å². The minimum atomic E-state index is -0.618. The number of methoxy groups -OCH3 is 1. The standard InChI is InChI=1S/C13H20N2O2/c1-9-4-6-11(7-5-9)10(2)15-13(16)12(14)8-17-3/h4-7,10,12H,8,14H2,1-3H3,(H,15,16)/t10-,12?/m1/s1. The lowest BCUT2D eigenvalue weighted by molar-refractivity contribution is -0.124. The van der Waals surface area contributed by atoms with E-state index in [0.29, 0.717) is 0 Å². The lowest BCUT2D eigenvalue weighted by atomic mass is 10.1. The van der Waals surface area contributed by atoms with E-state index in [1.165, 1.54) is 12.7 Å². The average molecular weight is 236 g/mol. The number of amides is 1. The van der Waals surface area contributed by atoms with Crippen molar-refractivity contribution < 1.29 is 9.53 Å². The predicted octanol–water partition coefficient (Wildman–Crippen LogP) is 1.15. The van der Waals surface area contributed by atoms with Crippen molar-refractivity contribution >= 4 is 5.91 Å². The third-order valence-electron chi connectivity index (χ3n) is 2.62. The lowest BCUT2D eigenvalue weighted by Crippen LogP contribution is -2.44. The number of benzene rings is 1. The zero-order valence-electron chi connectivity index (χ0n) is 10.6. The van der Waals surface area contributed by atoms with E-state index in [1.54, 1.807) is 0 Å². The van der Waals surface area contributed by atoms with Gasteiger partial charge in [0.1, 0.15) is 6.04 Å². The molecule has 0 aromatic heterocycles. The smallest absolute Gasteiger partial charge is 0.239 e. The second-order valence-electron chi connectivity index (χ2n) is 4.20. The molecular weight excluding hydrogens is 216 g/mol. The van der Waals surface area contributed by atoms with Crippen molar-refractivity contribution in [1.29, 1.82) is 0 Å². The number of rotatable bonds is 5. The summed E-state index contributed by atoms with van der Waals surface area (Å²) in [5.41, 5.74) is 7.90. The van der Waals surface area contributed by atoms with Crippen molar-refractivity contribution in [3.63, 3.8) is 0 Å². The van der Waals surface area contributed by atoms with Crippen LogP contribution in [0.5, 0.6) is 0 Å². The number of hydrogen-bond donors (Lipinski definition) is 2. The number of nitrogens with two attached hydrogens (primary N) is 1. The highest BCUT2D eigenvalue weighted by Crippen LogP contribution is 2.12. The number of nitrogens with one attached hydrogen (secondary N) is 1. The van der Waals surface area contributed by atoms with Gasteiger partial charge in [0.15, 0.2) is 0 Å². The van der Waals surface area contributed by atoms with E-state index in [4.69, 9.17) is 10.5 Å². The summed E-state index contributed by atoms with van der Waals surface area (Å²) in [7, 11) is 1.52. The summed E-state index contributed by atoms with van der Waals surface area (Å²) in [4.78, 5) is 11.7. The van der Waals surface area contributed by atoms with Crippen LogP contribution >= 0.6 is 0 Å². The summed E-state index contributed by atoms with van der Waals surface area (Å²) in [5, 5.41) is 2.86. The van der Waals surface area contributed by atoms with Crippen LogP contribution in [0.2, 0.25) is 0 Å². The van der Waals surface area contributed by atoms with Crippen LogP contribution in [0.4, 0.5) is 0 Å². The highest BCUT2D eigenvalue weighted by Gasteiger charge is 2.16.